The molecule has 0 aliphatic carbocycles. The molecule has 8 aromatic carbocycles. The van der Waals surface area contributed by atoms with Gasteiger partial charge in [0, 0.05) is 49.4 Å². The molecule has 0 atom stereocenters. The highest BCUT2D eigenvalue weighted by Crippen LogP contribution is 2.43. The minimum Gasteiger partial charge on any atom is -0.455 e. The van der Waals surface area contributed by atoms with E-state index in [2.05, 4.69) is 114 Å². The summed E-state index contributed by atoms with van der Waals surface area (Å²) in [5.74, 6) is 1.85. The molecule has 252 valence electrons. The summed E-state index contributed by atoms with van der Waals surface area (Å²) in [6, 6.07) is 63.3. The Labute approximate surface area is 310 Å². The standard InChI is InChI=1S/C49H30N4O/c1-3-14-31(15-4-1)47-50-48(32-16-5-2-6-17-32)52-49(51-47)35-26-27-43(41(29-35)39-23-13-22-38-37-21-10-12-25-45(37)54-46(38)39)53-42-24-11-9-20-36(42)40-28-33-18-7-8-19-34(33)30-44(40)53/h1-30H. The van der Waals surface area contributed by atoms with Crippen LogP contribution in [0, 0.1) is 0 Å². The Hall–Kier alpha value is -7.37. The molecule has 3 aromatic heterocycles. The van der Waals surface area contributed by atoms with Crippen LogP contribution >= 0.6 is 0 Å². The van der Waals surface area contributed by atoms with E-state index in [-0.39, 0.29) is 0 Å². The van der Waals surface area contributed by atoms with Crippen molar-refractivity contribution in [3.8, 4) is 51.0 Å². The maximum absolute atomic E-state index is 6.69. The molecule has 5 nitrogen and oxygen atoms in total. The summed E-state index contributed by atoms with van der Waals surface area (Å²) in [6.45, 7) is 0. The van der Waals surface area contributed by atoms with Crippen molar-refractivity contribution in [2.24, 2.45) is 0 Å². The van der Waals surface area contributed by atoms with Gasteiger partial charge in [-0.3, -0.25) is 0 Å². The van der Waals surface area contributed by atoms with Gasteiger partial charge in [0.1, 0.15) is 11.2 Å². The second kappa shape index (κ2) is 12.1. The van der Waals surface area contributed by atoms with Gasteiger partial charge in [-0.2, -0.15) is 0 Å². The third-order valence-electron chi connectivity index (χ3n) is 10.4. The molecule has 0 bridgehead atoms. The Bertz CT molecular complexity index is 3160. The topological polar surface area (TPSA) is 56.7 Å². The largest absolute Gasteiger partial charge is 0.455 e. The van der Waals surface area contributed by atoms with Gasteiger partial charge in [-0.1, -0.05) is 140 Å². The maximum Gasteiger partial charge on any atom is 0.164 e. The van der Waals surface area contributed by atoms with Crippen LogP contribution in [0.4, 0.5) is 0 Å². The van der Waals surface area contributed by atoms with E-state index in [4.69, 9.17) is 19.4 Å². The van der Waals surface area contributed by atoms with Gasteiger partial charge in [0.05, 0.1) is 16.7 Å². The summed E-state index contributed by atoms with van der Waals surface area (Å²) in [7, 11) is 0. The van der Waals surface area contributed by atoms with Crippen molar-refractivity contribution in [3.63, 3.8) is 0 Å². The van der Waals surface area contributed by atoms with E-state index in [9.17, 15) is 0 Å². The predicted octanol–water partition coefficient (Wildman–Crippen LogP) is 12.7. The lowest BCUT2D eigenvalue weighted by atomic mass is 9.97. The number of fused-ring (bicyclic) bond motifs is 7. The fourth-order valence-corrected chi connectivity index (χ4v) is 7.90. The smallest absolute Gasteiger partial charge is 0.164 e. The van der Waals surface area contributed by atoms with Gasteiger partial charge in [0.2, 0.25) is 0 Å². The molecule has 0 amide bonds. The Kier molecular flexibility index (Phi) is 6.79. The molecule has 0 aliphatic heterocycles. The van der Waals surface area contributed by atoms with E-state index in [1.54, 1.807) is 0 Å². The molecule has 3 heterocycles. The number of hydrogen-bond donors (Lipinski definition) is 0. The zero-order valence-corrected chi connectivity index (χ0v) is 29.0. The lowest BCUT2D eigenvalue weighted by Gasteiger charge is -2.16. The number of benzene rings is 8. The Morgan fingerprint density at radius 1 is 0.370 bits per heavy atom. The van der Waals surface area contributed by atoms with Crippen molar-refractivity contribution < 1.29 is 4.42 Å². The average Bonchev–Trinajstić information content (AvgIpc) is 3.78. The Balaban J connectivity index is 1.23. The minimum absolute atomic E-state index is 0.598. The molecule has 0 spiro atoms. The summed E-state index contributed by atoms with van der Waals surface area (Å²) < 4.78 is 9.09. The first kappa shape index (κ1) is 30.3. The van der Waals surface area contributed by atoms with E-state index < -0.39 is 0 Å². The van der Waals surface area contributed by atoms with Crippen LogP contribution in [0.15, 0.2) is 186 Å². The number of aromatic nitrogens is 4. The number of hydrogen-bond acceptors (Lipinski definition) is 4. The second-order valence-electron chi connectivity index (χ2n) is 13.6. The summed E-state index contributed by atoms with van der Waals surface area (Å²) in [5, 5.41) is 6.98. The van der Waals surface area contributed by atoms with Gasteiger partial charge in [-0.05, 0) is 53.2 Å². The molecule has 11 aromatic rings. The molecule has 0 radical (unpaired) electrons. The summed E-state index contributed by atoms with van der Waals surface area (Å²) >= 11 is 0. The fraction of sp³-hybridized carbons (Fsp3) is 0. The molecule has 0 N–H and O–H groups in total. The highest BCUT2D eigenvalue weighted by Gasteiger charge is 2.21. The lowest BCUT2D eigenvalue weighted by molar-refractivity contribution is 0.670. The first-order chi connectivity index (χ1) is 26.8. The van der Waals surface area contributed by atoms with Crippen LogP contribution in [0.5, 0.6) is 0 Å². The molecule has 0 aliphatic rings. The summed E-state index contributed by atoms with van der Waals surface area (Å²) in [5.41, 5.74) is 9.75. The number of furan rings is 1. The highest BCUT2D eigenvalue weighted by atomic mass is 16.3. The molecule has 0 unspecified atom stereocenters. The normalized spacial score (nSPS) is 11.7. The first-order valence-corrected chi connectivity index (χ1v) is 18.1. The fourth-order valence-electron chi connectivity index (χ4n) is 7.90. The van der Waals surface area contributed by atoms with Crippen molar-refractivity contribution in [2.75, 3.05) is 0 Å². The van der Waals surface area contributed by atoms with Crippen molar-refractivity contribution in [1.82, 2.24) is 19.5 Å². The zero-order valence-electron chi connectivity index (χ0n) is 29.0. The van der Waals surface area contributed by atoms with Crippen LogP contribution < -0.4 is 0 Å². The molecule has 54 heavy (non-hydrogen) atoms. The SMILES string of the molecule is c1ccc(-c2nc(-c3ccccc3)nc(-c3ccc(-n4c5ccccc5c5cc6ccccc6cc54)c(-c4cccc5c4oc4ccccc45)c3)n2)cc1. The predicted molar refractivity (Wildman–Crippen MR) is 221 cm³/mol. The molecule has 0 saturated carbocycles. The monoisotopic (exact) mass is 690 g/mol. The number of rotatable bonds is 5. The third-order valence-corrected chi connectivity index (χ3v) is 10.4. The Morgan fingerprint density at radius 2 is 0.963 bits per heavy atom. The van der Waals surface area contributed by atoms with E-state index in [0.717, 1.165) is 66.5 Å². The van der Waals surface area contributed by atoms with Gasteiger partial charge < -0.3 is 8.98 Å². The van der Waals surface area contributed by atoms with E-state index in [0.29, 0.717) is 17.5 Å². The lowest BCUT2D eigenvalue weighted by Crippen LogP contribution is -2.02. The Morgan fingerprint density at radius 3 is 1.70 bits per heavy atom. The van der Waals surface area contributed by atoms with Crippen LogP contribution in [0.1, 0.15) is 0 Å². The minimum atomic E-state index is 0.598. The third kappa shape index (κ3) is 4.83. The van der Waals surface area contributed by atoms with Crippen molar-refractivity contribution in [2.45, 2.75) is 0 Å². The second-order valence-corrected chi connectivity index (χ2v) is 13.6. The van der Waals surface area contributed by atoms with E-state index in [1.165, 1.54) is 21.5 Å². The van der Waals surface area contributed by atoms with Gasteiger partial charge in [0.15, 0.2) is 17.5 Å². The molecule has 0 fully saturated rings. The van der Waals surface area contributed by atoms with Crippen LogP contribution in [0.2, 0.25) is 0 Å². The van der Waals surface area contributed by atoms with Gasteiger partial charge >= 0.3 is 0 Å². The van der Waals surface area contributed by atoms with Gasteiger partial charge in [-0.25, -0.2) is 15.0 Å². The van der Waals surface area contributed by atoms with Gasteiger partial charge in [0.25, 0.3) is 0 Å². The first-order valence-electron chi connectivity index (χ1n) is 18.1. The van der Waals surface area contributed by atoms with Crippen LogP contribution in [-0.4, -0.2) is 19.5 Å². The van der Waals surface area contributed by atoms with Crippen molar-refractivity contribution in [1.29, 1.82) is 0 Å². The maximum atomic E-state index is 6.69. The average molecular weight is 691 g/mol. The van der Waals surface area contributed by atoms with E-state index in [1.807, 2.05) is 72.8 Å². The van der Waals surface area contributed by atoms with Crippen molar-refractivity contribution in [3.05, 3.63) is 182 Å². The summed E-state index contributed by atoms with van der Waals surface area (Å²) in [6.07, 6.45) is 0. The number of para-hydroxylation sites is 3. The van der Waals surface area contributed by atoms with Gasteiger partial charge in [-0.15, -0.1) is 0 Å². The van der Waals surface area contributed by atoms with E-state index >= 15 is 0 Å². The zero-order chi connectivity index (χ0) is 35.6. The molecule has 0 saturated heterocycles. The van der Waals surface area contributed by atoms with Crippen LogP contribution in [0.25, 0.3) is 105 Å². The number of nitrogens with zero attached hydrogens (tertiary/aromatic N) is 4. The molecular weight excluding hydrogens is 661 g/mol. The van der Waals surface area contributed by atoms with Crippen LogP contribution in [-0.2, 0) is 0 Å². The van der Waals surface area contributed by atoms with Crippen LogP contribution in [0.3, 0.4) is 0 Å². The highest BCUT2D eigenvalue weighted by molar-refractivity contribution is 6.15. The summed E-state index contributed by atoms with van der Waals surface area (Å²) in [4.78, 5) is 15.2. The molecule has 11 rings (SSSR count). The van der Waals surface area contributed by atoms with Crippen molar-refractivity contribution >= 4 is 54.5 Å². The quantitative estimate of drug-likeness (QED) is 0.180. The molecular formula is C49H30N4O. The molecule has 5 heteroatoms.